The second kappa shape index (κ2) is 9.23. The Labute approximate surface area is 170 Å². The van der Waals surface area contributed by atoms with Crippen LogP contribution < -0.4 is 15.4 Å². The molecule has 152 valence electrons. The van der Waals surface area contributed by atoms with E-state index in [1.54, 1.807) is 12.0 Å². The summed E-state index contributed by atoms with van der Waals surface area (Å²) in [6.45, 7) is 3.10. The number of nitrogens with one attached hydrogen (secondary N) is 2. The number of fused-ring (bicyclic) bond motifs is 1. The van der Waals surface area contributed by atoms with Crippen molar-refractivity contribution in [3.05, 3.63) is 59.2 Å². The van der Waals surface area contributed by atoms with Crippen LogP contribution in [0.2, 0.25) is 0 Å². The fraction of sp³-hybridized carbons (Fsp3) is 0.318. The number of carbonyl (C=O) groups excluding carboxylic acids is 3. The molecule has 1 heterocycles. The molecule has 29 heavy (non-hydrogen) atoms. The second-order valence-corrected chi connectivity index (χ2v) is 7.08. The molecule has 0 saturated carbocycles. The lowest BCUT2D eigenvalue weighted by Gasteiger charge is -2.23. The third-order valence-corrected chi connectivity index (χ3v) is 5.13. The van der Waals surface area contributed by atoms with E-state index < -0.39 is 0 Å². The van der Waals surface area contributed by atoms with Gasteiger partial charge < -0.3 is 15.0 Å². The quantitative estimate of drug-likeness (QED) is 0.638. The first-order valence-corrected chi connectivity index (χ1v) is 9.55. The number of ether oxygens (including phenoxy) is 1. The molecule has 1 unspecified atom stereocenters. The fourth-order valence-corrected chi connectivity index (χ4v) is 3.41. The highest BCUT2D eigenvalue weighted by Gasteiger charge is 2.30. The number of nitrogens with zero attached hydrogens (tertiary/aromatic N) is 1. The zero-order valence-electron chi connectivity index (χ0n) is 16.6. The molecule has 2 aromatic carbocycles. The lowest BCUT2D eigenvalue weighted by molar-refractivity contribution is -0.125. The largest absolute Gasteiger partial charge is 0.497 e. The van der Waals surface area contributed by atoms with Gasteiger partial charge in [0.25, 0.3) is 5.91 Å². The van der Waals surface area contributed by atoms with E-state index in [0.717, 1.165) is 22.6 Å². The molecule has 1 aliphatic heterocycles. The number of benzene rings is 2. The first-order valence-electron chi connectivity index (χ1n) is 9.55. The number of methoxy groups -OCH3 is 1. The summed E-state index contributed by atoms with van der Waals surface area (Å²) < 4.78 is 5.16. The first-order chi connectivity index (χ1) is 14.0. The molecule has 2 N–H and O–H groups in total. The smallest absolute Gasteiger partial charge is 0.254 e. The van der Waals surface area contributed by atoms with Gasteiger partial charge in [0.15, 0.2) is 0 Å². The Balaban J connectivity index is 1.59. The molecule has 2 aromatic rings. The molecule has 0 radical (unpaired) electrons. The summed E-state index contributed by atoms with van der Waals surface area (Å²) in [5, 5.41) is 5.49. The molecule has 0 fully saturated rings. The number of anilines is 1. The molecule has 0 saturated heterocycles. The van der Waals surface area contributed by atoms with Gasteiger partial charge in [0.2, 0.25) is 12.3 Å². The van der Waals surface area contributed by atoms with E-state index in [0.29, 0.717) is 31.5 Å². The first kappa shape index (κ1) is 20.4. The third-order valence-electron chi connectivity index (χ3n) is 5.13. The van der Waals surface area contributed by atoms with E-state index in [1.165, 1.54) is 0 Å². The minimum absolute atomic E-state index is 0.0158. The number of imide groups is 1. The van der Waals surface area contributed by atoms with Gasteiger partial charge in [-0.3, -0.25) is 19.7 Å². The maximum Gasteiger partial charge on any atom is 0.254 e. The van der Waals surface area contributed by atoms with Crippen LogP contribution in [0.15, 0.2) is 42.5 Å². The van der Waals surface area contributed by atoms with E-state index in [4.69, 9.17) is 4.74 Å². The maximum absolute atomic E-state index is 12.7. The fourth-order valence-electron chi connectivity index (χ4n) is 3.41. The summed E-state index contributed by atoms with van der Waals surface area (Å²) in [5.74, 6) is 0.463. The van der Waals surface area contributed by atoms with Crippen LogP contribution in [0.25, 0.3) is 0 Å². The van der Waals surface area contributed by atoms with Crippen LogP contribution in [-0.4, -0.2) is 36.3 Å². The summed E-state index contributed by atoms with van der Waals surface area (Å²) in [5.41, 5.74) is 3.79. The molecular weight excluding hydrogens is 370 g/mol. The van der Waals surface area contributed by atoms with Crippen LogP contribution in [0.4, 0.5) is 5.69 Å². The Kier molecular flexibility index (Phi) is 6.49. The lowest BCUT2D eigenvalue weighted by atomic mass is 10.1. The number of hydrogen-bond acceptors (Lipinski definition) is 5. The van der Waals surface area contributed by atoms with E-state index in [9.17, 15) is 14.4 Å². The monoisotopic (exact) mass is 395 g/mol. The van der Waals surface area contributed by atoms with Crippen molar-refractivity contribution in [1.82, 2.24) is 10.2 Å². The lowest BCUT2D eigenvalue weighted by Crippen LogP contribution is -2.34. The Morgan fingerprint density at radius 3 is 2.69 bits per heavy atom. The molecule has 3 amide bonds. The Morgan fingerprint density at radius 2 is 2.00 bits per heavy atom. The van der Waals surface area contributed by atoms with Crippen LogP contribution in [0, 0.1) is 0 Å². The summed E-state index contributed by atoms with van der Waals surface area (Å²) >= 11 is 0. The van der Waals surface area contributed by atoms with E-state index in [2.05, 4.69) is 16.7 Å². The van der Waals surface area contributed by atoms with Gasteiger partial charge in [-0.15, -0.1) is 0 Å². The van der Waals surface area contributed by atoms with Crippen molar-refractivity contribution < 1.29 is 19.1 Å². The highest BCUT2D eigenvalue weighted by atomic mass is 16.5. The molecule has 1 atom stereocenters. The van der Waals surface area contributed by atoms with E-state index in [-0.39, 0.29) is 24.3 Å². The molecule has 0 spiro atoms. The minimum atomic E-state index is -0.331. The molecule has 7 nitrogen and oxygen atoms in total. The van der Waals surface area contributed by atoms with Crippen molar-refractivity contribution in [2.75, 3.05) is 12.4 Å². The average molecular weight is 395 g/mol. The zero-order chi connectivity index (χ0) is 20.8. The number of rotatable bonds is 9. The second-order valence-electron chi connectivity index (χ2n) is 7.08. The summed E-state index contributed by atoms with van der Waals surface area (Å²) in [6.07, 6.45) is 1.09. The molecule has 1 aliphatic rings. The molecule has 7 heteroatoms. The minimum Gasteiger partial charge on any atom is -0.497 e. The van der Waals surface area contributed by atoms with Crippen molar-refractivity contribution in [1.29, 1.82) is 0 Å². The van der Waals surface area contributed by atoms with Crippen molar-refractivity contribution in [2.45, 2.75) is 38.9 Å². The maximum atomic E-state index is 12.7. The van der Waals surface area contributed by atoms with Crippen LogP contribution in [0.3, 0.4) is 0 Å². The van der Waals surface area contributed by atoms with Gasteiger partial charge in [-0.05, 0) is 54.8 Å². The molecule has 3 rings (SSSR count). The highest BCUT2D eigenvalue weighted by Crippen LogP contribution is 2.27. The SMILES string of the molecule is COc1ccc(NCc2ccc3c(c2)CN(C(C)CCC(=O)NC=O)C3=O)cc1. The summed E-state index contributed by atoms with van der Waals surface area (Å²) in [6, 6.07) is 13.5. The molecular formula is C22H25N3O4. The van der Waals surface area contributed by atoms with Gasteiger partial charge in [-0.2, -0.15) is 0 Å². The third kappa shape index (κ3) is 4.93. The van der Waals surface area contributed by atoms with E-state index in [1.807, 2.05) is 43.3 Å². The Bertz CT molecular complexity index is 895. The van der Waals surface area contributed by atoms with Gasteiger partial charge in [0, 0.05) is 36.8 Å². The van der Waals surface area contributed by atoms with Crippen LogP contribution >= 0.6 is 0 Å². The topological polar surface area (TPSA) is 87.7 Å². The van der Waals surface area contributed by atoms with Crippen molar-refractivity contribution in [3.63, 3.8) is 0 Å². The van der Waals surface area contributed by atoms with Gasteiger partial charge in [0.1, 0.15) is 5.75 Å². The summed E-state index contributed by atoms with van der Waals surface area (Å²) in [4.78, 5) is 36.3. The number of hydrogen-bond donors (Lipinski definition) is 2. The molecule has 0 aliphatic carbocycles. The van der Waals surface area contributed by atoms with E-state index >= 15 is 0 Å². The van der Waals surface area contributed by atoms with Gasteiger partial charge in [-0.25, -0.2) is 0 Å². The number of carbonyl (C=O) groups is 3. The molecule has 0 aromatic heterocycles. The van der Waals surface area contributed by atoms with Gasteiger partial charge >= 0.3 is 0 Å². The Morgan fingerprint density at radius 1 is 1.24 bits per heavy atom. The van der Waals surface area contributed by atoms with Crippen molar-refractivity contribution in [3.8, 4) is 5.75 Å². The van der Waals surface area contributed by atoms with Gasteiger partial charge in [0.05, 0.1) is 7.11 Å². The van der Waals surface area contributed by atoms with Gasteiger partial charge in [-0.1, -0.05) is 12.1 Å². The van der Waals surface area contributed by atoms with Crippen molar-refractivity contribution >= 4 is 23.9 Å². The molecule has 0 bridgehead atoms. The standard InChI is InChI=1S/C22H25N3O4/c1-15(3-10-21(27)24-14-26)25-13-17-11-16(4-9-20(17)22(25)28)12-23-18-5-7-19(29-2)8-6-18/h4-9,11,14-15,23H,3,10,12-13H2,1-2H3,(H,24,26,27). The summed E-state index contributed by atoms with van der Waals surface area (Å²) in [7, 11) is 1.64. The Hall–Kier alpha value is -3.35. The highest BCUT2D eigenvalue weighted by molar-refractivity contribution is 5.98. The average Bonchev–Trinajstić information content (AvgIpc) is 3.07. The number of amides is 3. The van der Waals surface area contributed by atoms with Crippen LogP contribution in [0.1, 0.15) is 41.3 Å². The predicted molar refractivity (Wildman–Crippen MR) is 110 cm³/mol. The normalized spacial score (nSPS) is 13.6. The van der Waals surface area contributed by atoms with Crippen molar-refractivity contribution in [2.24, 2.45) is 0 Å². The van der Waals surface area contributed by atoms with Crippen LogP contribution in [-0.2, 0) is 22.7 Å². The van der Waals surface area contributed by atoms with Crippen LogP contribution in [0.5, 0.6) is 5.75 Å². The zero-order valence-corrected chi connectivity index (χ0v) is 16.6. The predicted octanol–water partition coefficient (Wildman–Crippen LogP) is 2.70.